The molecule has 0 saturated carbocycles. The molecular formula is C13H17N3O2. The third kappa shape index (κ3) is 2.85. The first-order valence-electron chi connectivity index (χ1n) is 6.05. The van der Waals surface area contributed by atoms with Crippen molar-refractivity contribution in [3.8, 4) is 0 Å². The van der Waals surface area contributed by atoms with Gasteiger partial charge in [0.1, 0.15) is 5.69 Å². The lowest BCUT2D eigenvalue weighted by Crippen LogP contribution is -2.39. The van der Waals surface area contributed by atoms with E-state index in [1.807, 2.05) is 19.1 Å². The van der Waals surface area contributed by atoms with Crippen LogP contribution in [0, 0.1) is 6.92 Å². The zero-order chi connectivity index (χ0) is 13.1. The zero-order valence-corrected chi connectivity index (χ0v) is 10.6. The molecule has 1 atom stereocenters. The summed E-state index contributed by atoms with van der Waals surface area (Å²) in [5, 5.41) is 2.85. The van der Waals surface area contributed by atoms with Crippen molar-refractivity contribution < 1.29 is 9.59 Å². The van der Waals surface area contributed by atoms with Crippen molar-refractivity contribution in [3.63, 3.8) is 0 Å². The maximum atomic E-state index is 12.1. The molecule has 1 saturated heterocycles. The summed E-state index contributed by atoms with van der Waals surface area (Å²) >= 11 is 0. The van der Waals surface area contributed by atoms with Crippen LogP contribution in [0.15, 0.2) is 18.2 Å². The lowest BCUT2D eigenvalue weighted by Gasteiger charge is -2.20. The normalized spacial score (nSPS) is 18.6. The predicted octanol–water partition coefficient (Wildman–Crippen LogP) is 0.741. The second-order valence-corrected chi connectivity index (χ2v) is 4.65. The van der Waals surface area contributed by atoms with Crippen molar-refractivity contribution in [2.45, 2.75) is 25.8 Å². The molecule has 2 rings (SSSR count). The molecule has 1 fully saturated rings. The number of likely N-dealkylation sites (N-methyl/N-ethyl adjacent to an activating group) is 1. The number of nitrogens with one attached hydrogen (secondary N) is 1. The minimum Gasteiger partial charge on any atom is -0.352 e. The van der Waals surface area contributed by atoms with Crippen LogP contribution >= 0.6 is 0 Å². The van der Waals surface area contributed by atoms with Gasteiger partial charge in [-0.1, -0.05) is 6.07 Å². The summed E-state index contributed by atoms with van der Waals surface area (Å²) in [5.41, 5.74) is 1.27. The molecule has 1 aromatic rings. The summed E-state index contributed by atoms with van der Waals surface area (Å²) in [6.45, 7) is 2.38. The maximum Gasteiger partial charge on any atom is 0.272 e. The molecule has 5 heteroatoms. The molecule has 0 unspecified atom stereocenters. The average molecular weight is 247 g/mol. The van der Waals surface area contributed by atoms with Crippen LogP contribution in [0.1, 0.15) is 29.0 Å². The minimum atomic E-state index is -0.111. The van der Waals surface area contributed by atoms with Gasteiger partial charge < -0.3 is 10.2 Å². The van der Waals surface area contributed by atoms with Crippen LogP contribution in [-0.4, -0.2) is 41.3 Å². The van der Waals surface area contributed by atoms with E-state index in [2.05, 4.69) is 10.3 Å². The summed E-state index contributed by atoms with van der Waals surface area (Å²) in [4.78, 5) is 29.0. The molecule has 2 amide bonds. The second-order valence-electron chi connectivity index (χ2n) is 4.65. The lowest BCUT2D eigenvalue weighted by atomic mass is 10.2. The molecule has 1 aliphatic heterocycles. The Labute approximate surface area is 106 Å². The highest BCUT2D eigenvalue weighted by Crippen LogP contribution is 2.09. The van der Waals surface area contributed by atoms with E-state index in [9.17, 15) is 9.59 Å². The molecule has 0 aromatic carbocycles. The van der Waals surface area contributed by atoms with E-state index in [0.29, 0.717) is 18.7 Å². The largest absolute Gasteiger partial charge is 0.352 e. The number of amides is 2. The number of carbonyl (C=O) groups excluding carboxylic acids is 2. The van der Waals surface area contributed by atoms with Gasteiger partial charge in [0.05, 0.1) is 0 Å². The van der Waals surface area contributed by atoms with Crippen molar-refractivity contribution in [3.05, 3.63) is 29.6 Å². The van der Waals surface area contributed by atoms with Crippen molar-refractivity contribution in [1.82, 2.24) is 15.2 Å². The van der Waals surface area contributed by atoms with E-state index >= 15 is 0 Å². The zero-order valence-electron chi connectivity index (χ0n) is 10.6. The van der Waals surface area contributed by atoms with Crippen molar-refractivity contribution in [2.24, 2.45) is 0 Å². The van der Waals surface area contributed by atoms with Crippen molar-refractivity contribution in [2.75, 3.05) is 13.6 Å². The molecule has 5 nitrogen and oxygen atoms in total. The highest BCUT2D eigenvalue weighted by Gasteiger charge is 2.24. The molecule has 0 aliphatic carbocycles. The van der Waals surface area contributed by atoms with Crippen LogP contribution < -0.4 is 5.32 Å². The Bertz CT molecular complexity index is 473. The molecule has 18 heavy (non-hydrogen) atoms. The fourth-order valence-corrected chi connectivity index (χ4v) is 2.09. The van der Waals surface area contributed by atoms with Gasteiger partial charge >= 0.3 is 0 Å². The Hall–Kier alpha value is -1.91. The second kappa shape index (κ2) is 5.16. The SMILES string of the molecule is Cc1cccc(C(=O)N(C)C[C@@H]2CCC(=O)N2)n1. The summed E-state index contributed by atoms with van der Waals surface area (Å²) in [6, 6.07) is 5.45. The number of pyridine rings is 1. The summed E-state index contributed by atoms with van der Waals surface area (Å²) < 4.78 is 0. The minimum absolute atomic E-state index is 0.0644. The number of rotatable bonds is 3. The van der Waals surface area contributed by atoms with E-state index in [1.54, 1.807) is 18.0 Å². The van der Waals surface area contributed by atoms with Gasteiger partial charge in [-0.3, -0.25) is 9.59 Å². The molecule has 0 radical (unpaired) electrons. The molecular weight excluding hydrogens is 230 g/mol. The number of aromatic nitrogens is 1. The van der Waals surface area contributed by atoms with Crippen molar-refractivity contribution in [1.29, 1.82) is 0 Å². The molecule has 0 bridgehead atoms. The smallest absolute Gasteiger partial charge is 0.272 e. The fourth-order valence-electron chi connectivity index (χ4n) is 2.09. The highest BCUT2D eigenvalue weighted by molar-refractivity contribution is 5.92. The van der Waals surface area contributed by atoms with Gasteiger partial charge in [-0.05, 0) is 25.5 Å². The monoisotopic (exact) mass is 247 g/mol. The van der Waals surface area contributed by atoms with Gasteiger partial charge in [0.15, 0.2) is 0 Å². The summed E-state index contributed by atoms with van der Waals surface area (Å²) in [5.74, 6) is -0.0469. The Morgan fingerprint density at radius 2 is 2.33 bits per heavy atom. The summed E-state index contributed by atoms with van der Waals surface area (Å²) in [6.07, 6.45) is 1.34. The fraction of sp³-hybridized carbons (Fsp3) is 0.462. The van der Waals surface area contributed by atoms with Gasteiger partial charge in [0, 0.05) is 31.7 Å². The van der Waals surface area contributed by atoms with Gasteiger partial charge in [-0.2, -0.15) is 0 Å². The topological polar surface area (TPSA) is 62.3 Å². The third-order valence-corrected chi connectivity index (χ3v) is 3.03. The van der Waals surface area contributed by atoms with Crippen LogP contribution in [0.3, 0.4) is 0 Å². The van der Waals surface area contributed by atoms with Gasteiger partial charge in [-0.25, -0.2) is 4.98 Å². The molecule has 2 heterocycles. The average Bonchev–Trinajstić information content (AvgIpc) is 2.73. The number of nitrogens with zero attached hydrogens (tertiary/aromatic N) is 2. The van der Waals surface area contributed by atoms with Gasteiger partial charge in [0.2, 0.25) is 5.91 Å². The van der Waals surface area contributed by atoms with E-state index < -0.39 is 0 Å². The Kier molecular flexibility index (Phi) is 3.60. The van der Waals surface area contributed by atoms with Crippen LogP contribution in [0.5, 0.6) is 0 Å². The molecule has 96 valence electrons. The van der Waals surface area contributed by atoms with Crippen LogP contribution in [-0.2, 0) is 4.79 Å². The first-order chi connectivity index (χ1) is 8.56. The van der Waals surface area contributed by atoms with E-state index in [1.165, 1.54) is 0 Å². The first-order valence-corrected chi connectivity index (χ1v) is 6.05. The van der Waals surface area contributed by atoms with E-state index in [-0.39, 0.29) is 17.9 Å². The number of aryl methyl sites for hydroxylation is 1. The standard InChI is InChI=1S/C13H17N3O2/c1-9-4-3-5-11(14-9)13(18)16(2)8-10-6-7-12(17)15-10/h3-5,10H,6-8H2,1-2H3,(H,15,17)/t10-/m0/s1. The van der Waals surface area contributed by atoms with Crippen molar-refractivity contribution >= 4 is 11.8 Å². The Balaban J connectivity index is 1.98. The van der Waals surface area contributed by atoms with Gasteiger partial charge in [0.25, 0.3) is 5.91 Å². The quantitative estimate of drug-likeness (QED) is 0.857. The molecule has 1 aromatic heterocycles. The number of hydrogen-bond donors (Lipinski definition) is 1. The third-order valence-electron chi connectivity index (χ3n) is 3.03. The van der Waals surface area contributed by atoms with Gasteiger partial charge in [-0.15, -0.1) is 0 Å². The van der Waals surface area contributed by atoms with Crippen LogP contribution in [0.25, 0.3) is 0 Å². The summed E-state index contributed by atoms with van der Waals surface area (Å²) in [7, 11) is 1.73. The van der Waals surface area contributed by atoms with E-state index in [0.717, 1.165) is 12.1 Å². The lowest BCUT2D eigenvalue weighted by molar-refractivity contribution is -0.119. The Morgan fingerprint density at radius 1 is 1.56 bits per heavy atom. The van der Waals surface area contributed by atoms with E-state index in [4.69, 9.17) is 0 Å². The predicted molar refractivity (Wildman–Crippen MR) is 67.1 cm³/mol. The molecule has 1 aliphatic rings. The van der Waals surface area contributed by atoms with Crippen LogP contribution in [0.4, 0.5) is 0 Å². The number of carbonyl (C=O) groups is 2. The molecule has 1 N–H and O–H groups in total. The van der Waals surface area contributed by atoms with Crippen LogP contribution in [0.2, 0.25) is 0 Å². The maximum absolute atomic E-state index is 12.1. The highest BCUT2D eigenvalue weighted by atomic mass is 16.2. The first kappa shape index (κ1) is 12.5. The number of hydrogen-bond acceptors (Lipinski definition) is 3. The Morgan fingerprint density at radius 3 is 2.94 bits per heavy atom. The molecule has 0 spiro atoms.